The summed E-state index contributed by atoms with van der Waals surface area (Å²) < 4.78 is 42.2. The van der Waals surface area contributed by atoms with Crippen molar-refractivity contribution in [3.8, 4) is 0 Å². The average molecular weight is 285 g/mol. The molecule has 2 aromatic rings. The number of carbonyl (C=O) groups is 1. The van der Waals surface area contributed by atoms with Crippen molar-refractivity contribution >= 4 is 16.9 Å². The molecule has 1 unspecified atom stereocenters. The van der Waals surface area contributed by atoms with E-state index in [1.54, 1.807) is 25.1 Å². The van der Waals surface area contributed by atoms with Crippen LogP contribution in [0.15, 0.2) is 34.7 Å². The van der Waals surface area contributed by atoms with E-state index in [0.29, 0.717) is 11.3 Å². The Kier molecular flexibility index (Phi) is 3.74. The van der Waals surface area contributed by atoms with Gasteiger partial charge in [-0.3, -0.25) is 4.79 Å². The Morgan fingerprint density at radius 3 is 2.60 bits per heavy atom. The van der Waals surface area contributed by atoms with Gasteiger partial charge in [0, 0.05) is 12.4 Å². The number of furan rings is 1. The lowest BCUT2D eigenvalue weighted by Gasteiger charge is -2.23. The van der Waals surface area contributed by atoms with Crippen molar-refractivity contribution in [2.45, 2.75) is 25.6 Å². The third-order valence-corrected chi connectivity index (χ3v) is 3.18. The summed E-state index contributed by atoms with van der Waals surface area (Å²) in [6.45, 7) is 1.63. The molecule has 0 fully saturated rings. The summed E-state index contributed by atoms with van der Waals surface area (Å²) in [4.78, 5) is 12.6. The van der Waals surface area contributed by atoms with Crippen LogP contribution in [0.4, 0.5) is 13.2 Å². The number of para-hydroxylation sites is 1. The molecule has 0 aliphatic carbocycles. The van der Waals surface area contributed by atoms with Crippen LogP contribution in [0.5, 0.6) is 0 Å². The van der Waals surface area contributed by atoms with Crippen LogP contribution in [-0.2, 0) is 4.79 Å². The second-order valence-corrected chi connectivity index (χ2v) is 4.66. The molecule has 1 aromatic heterocycles. The fourth-order valence-corrected chi connectivity index (χ4v) is 1.91. The number of rotatable bonds is 3. The first-order chi connectivity index (χ1) is 9.28. The van der Waals surface area contributed by atoms with Gasteiger partial charge in [-0.1, -0.05) is 18.2 Å². The fourth-order valence-electron chi connectivity index (χ4n) is 1.91. The Bertz CT molecular complexity index is 585. The normalized spacial score (nSPS) is 13.4. The third kappa shape index (κ3) is 3.12. The van der Waals surface area contributed by atoms with Crippen LogP contribution in [0.2, 0.25) is 0 Å². The predicted octanol–water partition coefficient (Wildman–Crippen LogP) is 3.90. The van der Waals surface area contributed by atoms with Gasteiger partial charge in [0.15, 0.2) is 0 Å². The molecule has 0 N–H and O–H groups in total. The number of hydrogen-bond acceptors (Lipinski definition) is 2. The minimum Gasteiger partial charge on any atom is -0.459 e. The Hall–Kier alpha value is -1.98. The average Bonchev–Trinajstić information content (AvgIpc) is 2.78. The fraction of sp³-hybridized carbons (Fsp3) is 0.357. The summed E-state index contributed by atoms with van der Waals surface area (Å²) >= 11 is 0. The predicted molar refractivity (Wildman–Crippen MR) is 68.1 cm³/mol. The molecular formula is C14H14F3NO2. The largest absolute Gasteiger partial charge is 0.459 e. The molecule has 1 atom stereocenters. The van der Waals surface area contributed by atoms with E-state index < -0.39 is 24.5 Å². The van der Waals surface area contributed by atoms with E-state index in [2.05, 4.69) is 0 Å². The second-order valence-electron chi connectivity index (χ2n) is 4.66. The molecule has 1 aromatic carbocycles. The van der Waals surface area contributed by atoms with Gasteiger partial charge in [-0.2, -0.15) is 13.2 Å². The molecule has 0 aliphatic rings. The minimum atomic E-state index is -4.50. The van der Waals surface area contributed by atoms with E-state index in [0.717, 1.165) is 10.3 Å². The van der Waals surface area contributed by atoms with Crippen LogP contribution in [-0.4, -0.2) is 24.0 Å². The van der Waals surface area contributed by atoms with E-state index in [4.69, 9.17) is 4.42 Å². The van der Waals surface area contributed by atoms with Crippen molar-refractivity contribution in [2.75, 3.05) is 7.05 Å². The molecule has 0 saturated carbocycles. The highest BCUT2D eigenvalue weighted by Crippen LogP contribution is 2.28. The highest BCUT2D eigenvalue weighted by molar-refractivity contribution is 5.79. The topological polar surface area (TPSA) is 33.5 Å². The lowest BCUT2D eigenvalue weighted by molar-refractivity contribution is -0.162. The summed E-state index contributed by atoms with van der Waals surface area (Å²) in [5, 5.41) is 0.853. The van der Waals surface area contributed by atoms with Gasteiger partial charge < -0.3 is 9.32 Å². The number of halogens is 3. The molecule has 1 heterocycles. The number of alkyl halides is 3. The van der Waals surface area contributed by atoms with Crippen molar-refractivity contribution in [3.63, 3.8) is 0 Å². The SMILES string of the molecule is CC(c1cc2ccccc2o1)N(C)C(=O)CC(F)(F)F. The van der Waals surface area contributed by atoms with Gasteiger partial charge >= 0.3 is 6.18 Å². The van der Waals surface area contributed by atoms with Gasteiger partial charge in [-0.05, 0) is 19.1 Å². The molecule has 0 spiro atoms. The van der Waals surface area contributed by atoms with Crippen molar-refractivity contribution in [3.05, 3.63) is 36.1 Å². The molecule has 20 heavy (non-hydrogen) atoms. The standard InChI is InChI=1S/C14H14F3NO2/c1-9(18(2)13(19)8-14(15,16)17)12-7-10-5-3-4-6-11(10)20-12/h3-7,9H,8H2,1-2H3. The summed E-state index contributed by atoms with van der Waals surface area (Å²) in [6, 6.07) is 8.42. The zero-order valence-electron chi connectivity index (χ0n) is 11.1. The van der Waals surface area contributed by atoms with Crippen LogP contribution in [0, 0.1) is 0 Å². The molecular weight excluding hydrogens is 271 g/mol. The molecule has 1 amide bonds. The molecule has 108 valence electrons. The quantitative estimate of drug-likeness (QED) is 0.856. The lowest BCUT2D eigenvalue weighted by Crippen LogP contribution is -2.32. The van der Waals surface area contributed by atoms with Gasteiger partial charge in [0.1, 0.15) is 17.8 Å². The molecule has 2 rings (SSSR count). The Morgan fingerprint density at radius 1 is 1.35 bits per heavy atom. The number of benzene rings is 1. The first-order valence-corrected chi connectivity index (χ1v) is 6.09. The number of fused-ring (bicyclic) bond motifs is 1. The van der Waals surface area contributed by atoms with Gasteiger partial charge in [0.2, 0.25) is 5.91 Å². The molecule has 0 radical (unpaired) electrons. The molecule has 6 heteroatoms. The smallest absolute Gasteiger partial charge is 0.397 e. The number of carbonyl (C=O) groups excluding carboxylic acids is 1. The number of nitrogens with zero attached hydrogens (tertiary/aromatic N) is 1. The highest BCUT2D eigenvalue weighted by atomic mass is 19.4. The number of amides is 1. The van der Waals surface area contributed by atoms with Crippen LogP contribution in [0.3, 0.4) is 0 Å². The molecule has 0 saturated heterocycles. The first-order valence-electron chi connectivity index (χ1n) is 6.09. The van der Waals surface area contributed by atoms with E-state index in [1.165, 1.54) is 7.05 Å². The maximum Gasteiger partial charge on any atom is 0.397 e. The lowest BCUT2D eigenvalue weighted by atomic mass is 10.2. The van der Waals surface area contributed by atoms with Crippen LogP contribution >= 0.6 is 0 Å². The van der Waals surface area contributed by atoms with Gasteiger partial charge in [0.25, 0.3) is 0 Å². The van der Waals surface area contributed by atoms with E-state index in [9.17, 15) is 18.0 Å². The van der Waals surface area contributed by atoms with Crippen molar-refractivity contribution < 1.29 is 22.4 Å². The van der Waals surface area contributed by atoms with Gasteiger partial charge in [-0.25, -0.2) is 0 Å². The summed E-state index contributed by atoms with van der Waals surface area (Å²) in [5.41, 5.74) is 0.644. The Morgan fingerprint density at radius 2 is 2.00 bits per heavy atom. The maximum absolute atomic E-state index is 12.2. The summed E-state index contributed by atoms with van der Waals surface area (Å²) in [6.07, 6.45) is -5.97. The minimum absolute atomic E-state index is 0.462. The Labute approximate surface area is 114 Å². The summed E-state index contributed by atoms with van der Waals surface area (Å²) in [5.74, 6) is -0.519. The summed E-state index contributed by atoms with van der Waals surface area (Å²) in [7, 11) is 1.34. The number of hydrogen-bond donors (Lipinski definition) is 0. The highest BCUT2D eigenvalue weighted by Gasteiger charge is 2.34. The monoisotopic (exact) mass is 285 g/mol. The van der Waals surface area contributed by atoms with Crippen LogP contribution in [0.1, 0.15) is 25.1 Å². The first kappa shape index (κ1) is 14.4. The van der Waals surface area contributed by atoms with Gasteiger partial charge in [0.05, 0.1) is 6.04 Å². The molecule has 3 nitrogen and oxygen atoms in total. The van der Waals surface area contributed by atoms with Crippen LogP contribution in [0.25, 0.3) is 11.0 Å². The third-order valence-electron chi connectivity index (χ3n) is 3.18. The Balaban J connectivity index is 2.17. The van der Waals surface area contributed by atoms with Crippen molar-refractivity contribution in [2.24, 2.45) is 0 Å². The second kappa shape index (κ2) is 5.19. The van der Waals surface area contributed by atoms with E-state index in [-0.39, 0.29) is 0 Å². The van der Waals surface area contributed by atoms with E-state index >= 15 is 0 Å². The maximum atomic E-state index is 12.2. The van der Waals surface area contributed by atoms with Crippen molar-refractivity contribution in [1.82, 2.24) is 4.90 Å². The molecule has 0 aliphatic heterocycles. The van der Waals surface area contributed by atoms with E-state index in [1.807, 2.05) is 12.1 Å². The van der Waals surface area contributed by atoms with Crippen molar-refractivity contribution in [1.29, 1.82) is 0 Å². The molecule has 0 bridgehead atoms. The van der Waals surface area contributed by atoms with Crippen LogP contribution < -0.4 is 0 Å². The zero-order valence-corrected chi connectivity index (χ0v) is 11.1. The zero-order chi connectivity index (χ0) is 14.9. The van der Waals surface area contributed by atoms with Gasteiger partial charge in [-0.15, -0.1) is 0 Å².